The van der Waals surface area contributed by atoms with Gasteiger partial charge in [0.25, 0.3) is 0 Å². The summed E-state index contributed by atoms with van der Waals surface area (Å²) in [5.41, 5.74) is 2.58. The first-order valence-corrected chi connectivity index (χ1v) is 8.36. The molecule has 0 spiro atoms. The Balaban J connectivity index is 2.22. The molecule has 1 heterocycles. The molecule has 0 aliphatic heterocycles. The average molecular weight is 398 g/mol. The fraction of sp³-hybridized carbons (Fsp3) is 0.312. The molecule has 0 saturated carbocycles. The summed E-state index contributed by atoms with van der Waals surface area (Å²) >= 11 is 7.13. The SMILES string of the molecule is CCCNC(Cc1ccncc1)c1cc(Br)cc(Br)c1. The van der Waals surface area contributed by atoms with E-state index in [1.807, 2.05) is 12.4 Å². The van der Waals surface area contributed by atoms with Crippen LogP contribution in [0.1, 0.15) is 30.5 Å². The molecule has 20 heavy (non-hydrogen) atoms. The standard InChI is InChI=1S/C16H18Br2N2/c1-2-5-20-16(8-12-3-6-19-7-4-12)13-9-14(17)11-15(18)10-13/h3-4,6-7,9-11,16,20H,2,5,8H2,1H3. The monoisotopic (exact) mass is 396 g/mol. The first kappa shape index (κ1) is 15.7. The number of aromatic nitrogens is 1. The Hall–Kier alpha value is -0.710. The molecule has 0 aliphatic carbocycles. The Morgan fingerprint density at radius 1 is 1.10 bits per heavy atom. The average Bonchev–Trinajstić information content (AvgIpc) is 2.43. The molecular formula is C16H18Br2N2. The van der Waals surface area contributed by atoms with Gasteiger partial charge in [0.2, 0.25) is 0 Å². The van der Waals surface area contributed by atoms with E-state index in [9.17, 15) is 0 Å². The summed E-state index contributed by atoms with van der Waals surface area (Å²) < 4.78 is 2.19. The predicted molar refractivity (Wildman–Crippen MR) is 90.8 cm³/mol. The molecule has 2 aromatic rings. The zero-order valence-corrected chi connectivity index (χ0v) is 14.6. The van der Waals surface area contributed by atoms with Crippen molar-refractivity contribution in [3.63, 3.8) is 0 Å². The van der Waals surface area contributed by atoms with Crippen molar-refractivity contribution in [3.05, 3.63) is 62.8 Å². The zero-order chi connectivity index (χ0) is 14.4. The molecule has 2 nitrogen and oxygen atoms in total. The lowest BCUT2D eigenvalue weighted by atomic mass is 9.99. The molecule has 1 atom stereocenters. The van der Waals surface area contributed by atoms with Crippen LogP contribution in [0.2, 0.25) is 0 Å². The van der Waals surface area contributed by atoms with Gasteiger partial charge in [-0.2, -0.15) is 0 Å². The normalized spacial score (nSPS) is 12.3. The summed E-state index contributed by atoms with van der Waals surface area (Å²) in [6.45, 7) is 3.20. The fourth-order valence-electron chi connectivity index (χ4n) is 2.16. The fourth-order valence-corrected chi connectivity index (χ4v) is 3.49. The van der Waals surface area contributed by atoms with E-state index in [0.717, 1.165) is 28.3 Å². The predicted octanol–water partition coefficient (Wildman–Crippen LogP) is 4.89. The highest BCUT2D eigenvalue weighted by molar-refractivity contribution is 9.11. The number of pyridine rings is 1. The zero-order valence-electron chi connectivity index (χ0n) is 11.4. The van der Waals surface area contributed by atoms with Crippen LogP contribution in [-0.4, -0.2) is 11.5 Å². The number of nitrogens with one attached hydrogen (secondary N) is 1. The maximum atomic E-state index is 4.08. The summed E-state index contributed by atoms with van der Waals surface area (Å²) in [6, 6.07) is 10.9. The van der Waals surface area contributed by atoms with E-state index >= 15 is 0 Å². The van der Waals surface area contributed by atoms with Crippen molar-refractivity contribution in [2.75, 3.05) is 6.54 Å². The van der Waals surface area contributed by atoms with Gasteiger partial charge in [-0.25, -0.2) is 0 Å². The maximum absolute atomic E-state index is 4.08. The van der Waals surface area contributed by atoms with Gasteiger partial charge in [-0.3, -0.25) is 4.98 Å². The molecule has 106 valence electrons. The number of halogens is 2. The second kappa shape index (κ2) is 7.91. The molecule has 0 aliphatic rings. The van der Waals surface area contributed by atoms with Crippen LogP contribution in [0, 0.1) is 0 Å². The lowest BCUT2D eigenvalue weighted by Crippen LogP contribution is -2.24. The molecule has 0 saturated heterocycles. The third-order valence-corrected chi connectivity index (χ3v) is 4.03. The van der Waals surface area contributed by atoms with Crippen molar-refractivity contribution in [3.8, 4) is 0 Å². The van der Waals surface area contributed by atoms with Gasteiger partial charge >= 0.3 is 0 Å². The Kier molecular flexibility index (Phi) is 6.20. The molecule has 1 N–H and O–H groups in total. The van der Waals surface area contributed by atoms with Crippen molar-refractivity contribution in [2.24, 2.45) is 0 Å². The van der Waals surface area contributed by atoms with Gasteiger partial charge in [0.05, 0.1) is 0 Å². The third kappa shape index (κ3) is 4.69. The minimum Gasteiger partial charge on any atom is -0.310 e. The largest absolute Gasteiger partial charge is 0.310 e. The van der Waals surface area contributed by atoms with E-state index in [2.05, 4.69) is 79.4 Å². The number of nitrogens with zero attached hydrogens (tertiary/aromatic N) is 1. The molecule has 0 amide bonds. The summed E-state index contributed by atoms with van der Waals surface area (Å²) in [6.07, 6.45) is 5.79. The van der Waals surface area contributed by atoms with E-state index in [1.165, 1.54) is 11.1 Å². The van der Waals surface area contributed by atoms with Crippen LogP contribution in [0.15, 0.2) is 51.7 Å². The lowest BCUT2D eigenvalue weighted by molar-refractivity contribution is 0.528. The quantitative estimate of drug-likeness (QED) is 0.750. The van der Waals surface area contributed by atoms with E-state index < -0.39 is 0 Å². The summed E-state index contributed by atoms with van der Waals surface area (Å²) in [7, 11) is 0. The molecule has 1 aromatic heterocycles. The van der Waals surface area contributed by atoms with E-state index in [0.29, 0.717) is 6.04 Å². The molecule has 0 fully saturated rings. The topological polar surface area (TPSA) is 24.9 Å². The minimum absolute atomic E-state index is 0.311. The first-order valence-electron chi connectivity index (χ1n) is 6.77. The van der Waals surface area contributed by atoms with Crippen molar-refractivity contribution in [1.82, 2.24) is 10.3 Å². The number of hydrogen-bond donors (Lipinski definition) is 1. The molecule has 1 aromatic carbocycles. The van der Waals surface area contributed by atoms with Gasteiger partial charge in [-0.1, -0.05) is 38.8 Å². The molecule has 0 radical (unpaired) electrons. The molecule has 2 rings (SSSR count). The first-order chi connectivity index (χ1) is 9.69. The van der Waals surface area contributed by atoms with E-state index in [1.54, 1.807) is 0 Å². The maximum Gasteiger partial charge on any atom is 0.0361 e. The highest BCUT2D eigenvalue weighted by Crippen LogP contribution is 2.26. The van der Waals surface area contributed by atoms with Crippen LogP contribution in [0.4, 0.5) is 0 Å². The smallest absolute Gasteiger partial charge is 0.0361 e. The molecule has 4 heteroatoms. The second-order valence-electron chi connectivity index (χ2n) is 4.77. The summed E-state index contributed by atoms with van der Waals surface area (Å²) in [4.78, 5) is 4.08. The van der Waals surface area contributed by atoms with E-state index in [-0.39, 0.29) is 0 Å². The highest BCUT2D eigenvalue weighted by Gasteiger charge is 2.12. The molecular weight excluding hydrogens is 380 g/mol. The number of hydrogen-bond acceptors (Lipinski definition) is 2. The third-order valence-electron chi connectivity index (χ3n) is 3.12. The Morgan fingerprint density at radius 3 is 2.35 bits per heavy atom. The van der Waals surface area contributed by atoms with Gasteiger partial charge in [-0.05, 0) is 60.8 Å². The van der Waals surface area contributed by atoms with Crippen molar-refractivity contribution >= 4 is 31.9 Å². The molecule has 0 bridgehead atoms. The number of rotatable bonds is 6. The van der Waals surface area contributed by atoms with Crippen molar-refractivity contribution in [2.45, 2.75) is 25.8 Å². The van der Waals surface area contributed by atoms with Gasteiger partial charge in [-0.15, -0.1) is 0 Å². The Labute approximate surface area is 137 Å². The lowest BCUT2D eigenvalue weighted by Gasteiger charge is -2.20. The van der Waals surface area contributed by atoms with Crippen LogP contribution >= 0.6 is 31.9 Å². The van der Waals surface area contributed by atoms with Crippen LogP contribution < -0.4 is 5.32 Å². The Bertz CT molecular complexity index is 523. The van der Waals surface area contributed by atoms with Gasteiger partial charge < -0.3 is 5.32 Å². The highest BCUT2D eigenvalue weighted by atomic mass is 79.9. The second-order valence-corrected chi connectivity index (χ2v) is 6.60. The minimum atomic E-state index is 0.311. The van der Waals surface area contributed by atoms with Gasteiger partial charge in [0.1, 0.15) is 0 Å². The van der Waals surface area contributed by atoms with Crippen LogP contribution in [0.5, 0.6) is 0 Å². The van der Waals surface area contributed by atoms with Crippen LogP contribution in [-0.2, 0) is 6.42 Å². The summed E-state index contributed by atoms with van der Waals surface area (Å²) in [5, 5.41) is 3.63. The Morgan fingerprint density at radius 2 is 1.75 bits per heavy atom. The molecule has 1 unspecified atom stereocenters. The van der Waals surface area contributed by atoms with Crippen LogP contribution in [0.25, 0.3) is 0 Å². The van der Waals surface area contributed by atoms with Gasteiger partial charge in [0, 0.05) is 27.4 Å². The van der Waals surface area contributed by atoms with Gasteiger partial charge in [0.15, 0.2) is 0 Å². The van der Waals surface area contributed by atoms with Crippen LogP contribution in [0.3, 0.4) is 0 Å². The number of benzene rings is 1. The summed E-state index contributed by atoms with van der Waals surface area (Å²) in [5.74, 6) is 0. The van der Waals surface area contributed by atoms with E-state index in [4.69, 9.17) is 0 Å². The van der Waals surface area contributed by atoms with Crippen molar-refractivity contribution in [1.29, 1.82) is 0 Å². The van der Waals surface area contributed by atoms with Crippen molar-refractivity contribution < 1.29 is 0 Å².